The molecule has 0 saturated carbocycles. The van der Waals surface area contributed by atoms with E-state index in [-0.39, 0.29) is 0 Å². The Morgan fingerprint density at radius 3 is 2.67 bits per heavy atom. The predicted molar refractivity (Wildman–Crippen MR) is 91.8 cm³/mol. The molecule has 0 aliphatic rings. The molecule has 0 aliphatic carbocycles. The molecule has 24 heavy (non-hydrogen) atoms. The van der Waals surface area contributed by atoms with Gasteiger partial charge in [-0.15, -0.1) is 0 Å². The second kappa shape index (κ2) is 6.16. The lowest BCUT2D eigenvalue weighted by atomic mass is 10.3. The zero-order valence-electron chi connectivity index (χ0n) is 13.4. The van der Waals surface area contributed by atoms with Crippen LogP contribution >= 0.6 is 0 Å². The van der Waals surface area contributed by atoms with E-state index < -0.39 is 0 Å². The third-order valence-corrected chi connectivity index (χ3v) is 3.97. The van der Waals surface area contributed by atoms with E-state index >= 15 is 0 Å². The summed E-state index contributed by atoms with van der Waals surface area (Å²) in [5.41, 5.74) is 2.99. The average Bonchev–Trinajstić information content (AvgIpc) is 3.36. The number of rotatable bonds is 5. The molecule has 1 aromatic carbocycles. The van der Waals surface area contributed by atoms with Crippen LogP contribution in [0.2, 0.25) is 0 Å². The van der Waals surface area contributed by atoms with Crippen molar-refractivity contribution in [1.82, 2.24) is 28.9 Å². The van der Waals surface area contributed by atoms with Gasteiger partial charge in [-0.1, -0.05) is 18.2 Å². The Hall–Kier alpha value is -3.15. The number of aromatic nitrogens is 6. The second-order valence-corrected chi connectivity index (χ2v) is 5.54. The number of para-hydroxylation sites is 1. The highest BCUT2D eigenvalue weighted by Crippen LogP contribution is 2.21. The molecule has 3 heterocycles. The minimum absolute atomic E-state index is 0.683. The van der Waals surface area contributed by atoms with E-state index in [1.807, 2.05) is 59.8 Å². The molecule has 0 unspecified atom stereocenters. The standard InChI is InChI=1S/C18H18N6/c1-2-22-12-15(20-14-22)13-23-11-10-19-18(23)17-8-9-21-24(17)16-6-4-3-5-7-16/h3-12,14H,2,13H2,1H3. The molecule has 0 radical (unpaired) electrons. The first-order valence-corrected chi connectivity index (χ1v) is 7.97. The van der Waals surface area contributed by atoms with E-state index in [4.69, 9.17) is 0 Å². The van der Waals surface area contributed by atoms with Gasteiger partial charge in [0.1, 0.15) is 5.69 Å². The van der Waals surface area contributed by atoms with Gasteiger partial charge in [0, 0.05) is 25.1 Å². The van der Waals surface area contributed by atoms with Gasteiger partial charge in [-0.25, -0.2) is 14.6 Å². The smallest absolute Gasteiger partial charge is 0.159 e. The third kappa shape index (κ3) is 2.62. The topological polar surface area (TPSA) is 53.5 Å². The summed E-state index contributed by atoms with van der Waals surface area (Å²) < 4.78 is 6.07. The van der Waals surface area contributed by atoms with Gasteiger partial charge < -0.3 is 9.13 Å². The first-order chi connectivity index (χ1) is 11.8. The highest BCUT2D eigenvalue weighted by Gasteiger charge is 2.13. The Balaban J connectivity index is 1.69. The highest BCUT2D eigenvalue weighted by atomic mass is 15.3. The van der Waals surface area contributed by atoms with Crippen molar-refractivity contribution in [3.05, 3.63) is 73.2 Å². The summed E-state index contributed by atoms with van der Waals surface area (Å²) in [7, 11) is 0. The van der Waals surface area contributed by atoms with Gasteiger partial charge >= 0.3 is 0 Å². The fraction of sp³-hybridized carbons (Fsp3) is 0.167. The molecular weight excluding hydrogens is 300 g/mol. The lowest BCUT2D eigenvalue weighted by Gasteiger charge is -2.09. The molecule has 0 bridgehead atoms. The second-order valence-electron chi connectivity index (χ2n) is 5.54. The van der Waals surface area contributed by atoms with Crippen LogP contribution in [0.15, 0.2) is 67.5 Å². The molecule has 0 N–H and O–H groups in total. The van der Waals surface area contributed by atoms with Gasteiger partial charge in [0.05, 0.1) is 30.5 Å². The summed E-state index contributed by atoms with van der Waals surface area (Å²) in [6.45, 7) is 3.71. The maximum Gasteiger partial charge on any atom is 0.159 e. The summed E-state index contributed by atoms with van der Waals surface area (Å²) in [6.07, 6.45) is 9.52. The van der Waals surface area contributed by atoms with Crippen LogP contribution in [0.4, 0.5) is 0 Å². The number of hydrogen-bond donors (Lipinski definition) is 0. The van der Waals surface area contributed by atoms with Gasteiger partial charge in [-0.2, -0.15) is 5.10 Å². The fourth-order valence-electron chi connectivity index (χ4n) is 2.75. The Bertz CT molecular complexity index is 931. The molecule has 4 rings (SSSR count). The Labute approximate surface area is 140 Å². The van der Waals surface area contributed by atoms with Crippen molar-refractivity contribution in [2.45, 2.75) is 20.0 Å². The Morgan fingerprint density at radius 2 is 1.88 bits per heavy atom. The Morgan fingerprint density at radius 1 is 1.00 bits per heavy atom. The quantitative estimate of drug-likeness (QED) is 0.568. The largest absolute Gasteiger partial charge is 0.337 e. The van der Waals surface area contributed by atoms with E-state index in [2.05, 4.69) is 37.3 Å². The van der Waals surface area contributed by atoms with Crippen LogP contribution < -0.4 is 0 Å². The molecule has 120 valence electrons. The van der Waals surface area contributed by atoms with Gasteiger partial charge in [0.15, 0.2) is 5.82 Å². The Kier molecular flexibility index (Phi) is 3.70. The van der Waals surface area contributed by atoms with Crippen LogP contribution in [0.3, 0.4) is 0 Å². The normalized spacial score (nSPS) is 11.0. The van der Waals surface area contributed by atoms with Gasteiger partial charge in [-0.3, -0.25) is 0 Å². The maximum absolute atomic E-state index is 4.54. The fourth-order valence-corrected chi connectivity index (χ4v) is 2.75. The van der Waals surface area contributed by atoms with Crippen molar-refractivity contribution in [2.24, 2.45) is 0 Å². The molecule has 0 atom stereocenters. The lowest BCUT2D eigenvalue weighted by Crippen LogP contribution is -2.06. The van der Waals surface area contributed by atoms with E-state index in [1.165, 1.54) is 0 Å². The van der Waals surface area contributed by atoms with Crippen LogP contribution in [0, 0.1) is 0 Å². The summed E-state index contributed by atoms with van der Waals surface area (Å²) in [5.74, 6) is 0.877. The van der Waals surface area contributed by atoms with Crippen LogP contribution in [-0.4, -0.2) is 28.9 Å². The van der Waals surface area contributed by atoms with Crippen molar-refractivity contribution < 1.29 is 0 Å². The van der Waals surface area contributed by atoms with Crippen LogP contribution in [0.5, 0.6) is 0 Å². The molecule has 3 aromatic heterocycles. The monoisotopic (exact) mass is 318 g/mol. The highest BCUT2D eigenvalue weighted by molar-refractivity contribution is 5.54. The number of hydrogen-bond acceptors (Lipinski definition) is 3. The summed E-state index contributed by atoms with van der Waals surface area (Å²) in [6, 6.07) is 12.1. The molecular formula is C18H18N6. The summed E-state index contributed by atoms with van der Waals surface area (Å²) >= 11 is 0. The van der Waals surface area contributed by atoms with Crippen molar-refractivity contribution >= 4 is 0 Å². The molecule has 0 fully saturated rings. The van der Waals surface area contributed by atoms with Gasteiger partial charge in [0.2, 0.25) is 0 Å². The van der Waals surface area contributed by atoms with Crippen molar-refractivity contribution in [2.75, 3.05) is 0 Å². The molecule has 0 spiro atoms. The number of imidazole rings is 2. The SMILES string of the molecule is CCn1cnc(Cn2ccnc2-c2ccnn2-c2ccccc2)c1. The van der Waals surface area contributed by atoms with Gasteiger partial charge in [-0.05, 0) is 25.1 Å². The molecule has 0 saturated heterocycles. The molecule has 4 aromatic rings. The van der Waals surface area contributed by atoms with E-state index in [1.54, 1.807) is 6.20 Å². The average molecular weight is 318 g/mol. The van der Waals surface area contributed by atoms with Crippen molar-refractivity contribution in [3.63, 3.8) is 0 Å². The van der Waals surface area contributed by atoms with Crippen LogP contribution in [0.25, 0.3) is 17.2 Å². The van der Waals surface area contributed by atoms with Crippen molar-refractivity contribution in [1.29, 1.82) is 0 Å². The third-order valence-electron chi connectivity index (χ3n) is 3.97. The zero-order valence-corrected chi connectivity index (χ0v) is 13.4. The molecule has 0 amide bonds. The van der Waals surface area contributed by atoms with Gasteiger partial charge in [0.25, 0.3) is 0 Å². The molecule has 6 nitrogen and oxygen atoms in total. The zero-order chi connectivity index (χ0) is 16.4. The van der Waals surface area contributed by atoms with E-state index in [0.717, 1.165) is 29.4 Å². The van der Waals surface area contributed by atoms with Crippen LogP contribution in [0.1, 0.15) is 12.6 Å². The van der Waals surface area contributed by atoms with Crippen LogP contribution in [-0.2, 0) is 13.1 Å². The minimum atomic E-state index is 0.683. The number of aryl methyl sites for hydroxylation is 1. The summed E-state index contributed by atoms with van der Waals surface area (Å²) in [4.78, 5) is 8.99. The molecule has 6 heteroatoms. The maximum atomic E-state index is 4.54. The van der Waals surface area contributed by atoms with E-state index in [9.17, 15) is 0 Å². The number of benzene rings is 1. The first-order valence-electron chi connectivity index (χ1n) is 7.97. The predicted octanol–water partition coefficient (Wildman–Crippen LogP) is 3.00. The minimum Gasteiger partial charge on any atom is -0.337 e. The summed E-state index contributed by atoms with van der Waals surface area (Å²) in [5, 5.41) is 4.45. The molecule has 0 aliphatic heterocycles. The number of nitrogens with zero attached hydrogens (tertiary/aromatic N) is 6. The van der Waals surface area contributed by atoms with E-state index in [0.29, 0.717) is 6.54 Å². The first kappa shape index (κ1) is 14.4. The lowest BCUT2D eigenvalue weighted by molar-refractivity contribution is 0.752. The van der Waals surface area contributed by atoms with Crippen molar-refractivity contribution in [3.8, 4) is 17.2 Å².